The highest BCUT2D eigenvalue weighted by atomic mass is 16.5. The average Bonchev–Trinajstić information content (AvgIpc) is 0.872. The van der Waals surface area contributed by atoms with Crippen molar-refractivity contribution in [2.24, 2.45) is 0 Å². The molecule has 4 saturated heterocycles. The predicted octanol–water partition coefficient (Wildman–Crippen LogP) is 17.7. The molecule has 2 unspecified atom stereocenters. The van der Waals surface area contributed by atoms with E-state index in [2.05, 4.69) is 13.0 Å². The molecule has 6 rings (SSSR count). The third-order valence-electron chi connectivity index (χ3n) is 17.9. The number of ether oxygens (including phenoxy) is 1. The first-order chi connectivity index (χ1) is 54.6. The van der Waals surface area contributed by atoms with Crippen molar-refractivity contribution in [1.82, 2.24) is 19.6 Å². The molecular formula is C92H144N4O17. The summed E-state index contributed by atoms with van der Waals surface area (Å²) >= 11 is 0. The molecular weight excluding hydrogens is 1430 g/mol. The largest absolute Gasteiger partial charge is 0.481 e. The maximum Gasteiger partial charge on any atom is 0.303 e. The highest BCUT2D eigenvalue weighted by Gasteiger charge is 2.29. The summed E-state index contributed by atoms with van der Waals surface area (Å²) in [5, 5.41) is 54.7. The lowest BCUT2D eigenvalue weighted by molar-refractivity contribution is -0.138. The van der Waals surface area contributed by atoms with E-state index in [4.69, 9.17) is 25.2 Å². The number of aliphatic hydroxyl groups is 2. The van der Waals surface area contributed by atoms with Gasteiger partial charge in [0.15, 0.2) is 11.6 Å². The minimum absolute atomic E-state index is 0.00270. The Labute approximate surface area is 678 Å². The molecule has 4 aliphatic heterocycles. The van der Waals surface area contributed by atoms with Crippen LogP contribution in [0.15, 0.2) is 152 Å². The fourth-order valence-electron chi connectivity index (χ4n) is 12.2. The number of piperidine rings is 4. The lowest BCUT2D eigenvalue weighted by Crippen LogP contribution is -2.42. The molecule has 4 fully saturated rings. The molecule has 4 heterocycles. The zero-order valence-corrected chi connectivity index (χ0v) is 70.5. The quantitative estimate of drug-likeness (QED) is 0.0204. The number of unbranched alkanes of at least 4 members (excludes halogenated alkanes) is 6. The molecule has 21 heteroatoms. The maximum atomic E-state index is 12.3. The highest BCUT2D eigenvalue weighted by molar-refractivity contribution is 5.92. The van der Waals surface area contributed by atoms with Crippen LogP contribution in [0.3, 0.4) is 0 Å². The fraction of sp³-hybridized carbons (Fsp3) is 0.587. The van der Waals surface area contributed by atoms with Gasteiger partial charge in [-0.3, -0.25) is 47.9 Å². The maximum absolute atomic E-state index is 12.3. The van der Waals surface area contributed by atoms with E-state index in [0.29, 0.717) is 129 Å². The Morgan fingerprint density at radius 1 is 0.425 bits per heavy atom. The van der Waals surface area contributed by atoms with Crippen molar-refractivity contribution in [3.63, 3.8) is 0 Å². The van der Waals surface area contributed by atoms with Crippen molar-refractivity contribution in [2.75, 3.05) is 39.4 Å². The van der Waals surface area contributed by atoms with E-state index in [9.17, 15) is 58.2 Å². The second kappa shape index (κ2) is 71.1. The molecule has 4 amide bonds. The SMILES string of the molecule is CC.CC.CC.CC.CCCCCC(=O)C=C[C@H]1CCCC(=O)N1CC=CCCCC(=O)O.CCCOCC(O)C=C[C@H]1CCCC(=O)N1CC=CCCCC(=O)O.Cc1cccc(CC(O)C=C[C@H]2CCCC(=O)N2CC=CCCCC(=O)O)c1.O=C(O)CCCC=CCN1C(=O)CCC[C@@H]1C=CC(=O)Cc1ccccc1. The summed E-state index contributed by atoms with van der Waals surface area (Å²) in [7, 11) is 0. The first kappa shape index (κ1) is 106. The molecule has 2 aromatic carbocycles. The second-order valence-electron chi connectivity index (χ2n) is 27.0. The van der Waals surface area contributed by atoms with Crippen LogP contribution in [0.2, 0.25) is 0 Å². The number of hydrogen-bond donors (Lipinski definition) is 6. The zero-order chi connectivity index (χ0) is 84.8. The number of hydrogen-bond acceptors (Lipinski definition) is 13. The summed E-state index contributed by atoms with van der Waals surface area (Å²) in [4.78, 5) is 122. The number of rotatable bonds is 44. The van der Waals surface area contributed by atoms with Crippen molar-refractivity contribution in [3.05, 3.63) is 169 Å². The molecule has 6 atom stereocenters. The van der Waals surface area contributed by atoms with Crippen molar-refractivity contribution in [2.45, 2.75) is 312 Å². The van der Waals surface area contributed by atoms with Crippen LogP contribution in [-0.2, 0) is 65.5 Å². The van der Waals surface area contributed by atoms with Crippen LogP contribution in [0, 0.1) is 6.92 Å². The van der Waals surface area contributed by atoms with Crippen LogP contribution in [0.25, 0.3) is 0 Å². The first-order valence-corrected chi connectivity index (χ1v) is 42.1. The topological polar surface area (TPSA) is 314 Å². The van der Waals surface area contributed by atoms with Crippen molar-refractivity contribution >= 4 is 59.1 Å². The van der Waals surface area contributed by atoms with E-state index in [0.717, 1.165) is 88.2 Å². The number of nitrogens with zero attached hydrogens (tertiary/aromatic N) is 4. The monoisotopic (exact) mass is 1580 g/mol. The van der Waals surface area contributed by atoms with Gasteiger partial charge in [-0.1, -0.05) is 227 Å². The Morgan fingerprint density at radius 2 is 0.779 bits per heavy atom. The molecule has 21 nitrogen and oxygen atoms in total. The van der Waals surface area contributed by atoms with Gasteiger partial charge in [-0.2, -0.15) is 0 Å². The summed E-state index contributed by atoms with van der Waals surface area (Å²) in [5.74, 6) is -2.51. The number of ketones is 2. The van der Waals surface area contributed by atoms with Crippen LogP contribution in [0.1, 0.15) is 272 Å². The smallest absolute Gasteiger partial charge is 0.303 e. The van der Waals surface area contributed by atoms with Crippen molar-refractivity contribution < 1.29 is 83.3 Å². The van der Waals surface area contributed by atoms with E-state index in [1.165, 1.54) is 5.56 Å². The number of carbonyl (C=O) groups is 10. The molecule has 0 bridgehead atoms. The Kier molecular flexibility index (Phi) is 67.0. The van der Waals surface area contributed by atoms with Gasteiger partial charge >= 0.3 is 23.9 Å². The third kappa shape index (κ3) is 54.7. The molecule has 0 saturated carbocycles. The normalized spacial score (nSPS) is 17.6. The third-order valence-corrected chi connectivity index (χ3v) is 17.9. The molecule has 0 spiro atoms. The van der Waals surface area contributed by atoms with Gasteiger partial charge in [0, 0.05) is 103 Å². The van der Waals surface area contributed by atoms with Crippen LogP contribution in [-0.4, -0.2) is 185 Å². The highest BCUT2D eigenvalue weighted by Crippen LogP contribution is 2.24. The molecule has 6 N–H and O–H groups in total. The Balaban J connectivity index is 0. The summed E-state index contributed by atoms with van der Waals surface area (Å²) in [5.41, 5.74) is 3.25. The Morgan fingerprint density at radius 3 is 1.13 bits per heavy atom. The fourth-order valence-corrected chi connectivity index (χ4v) is 12.2. The Bertz CT molecular complexity index is 3190. The van der Waals surface area contributed by atoms with E-state index in [1.807, 2.05) is 205 Å². The minimum Gasteiger partial charge on any atom is -0.481 e. The lowest BCUT2D eigenvalue weighted by Gasteiger charge is -2.33. The molecule has 634 valence electrons. The average molecular weight is 1580 g/mol. The van der Waals surface area contributed by atoms with E-state index in [1.54, 1.807) is 29.2 Å². The second-order valence-corrected chi connectivity index (χ2v) is 27.0. The van der Waals surface area contributed by atoms with Crippen molar-refractivity contribution in [3.8, 4) is 0 Å². The number of benzene rings is 2. The number of aryl methyl sites for hydroxylation is 1. The van der Waals surface area contributed by atoms with E-state index < -0.39 is 36.1 Å². The first-order valence-electron chi connectivity index (χ1n) is 42.1. The number of likely N-dealkylation sites (tertiary alicyclic amines) is 4. The lowest BCUT2D eigenvalue weighted by atomic mass is 9.99. The van der Waals surface area contributed by atoms with Gasteiger partial charge < -0.3 is 55.0 Å². The van der Waals surface area contributed by atoms with Gasteiger partial charge in [-0.05, 0) is 146 Å². The summed E-state index contributed by atoms with van der Waals surface area (Å²) in [6.45, 7) is 25.1. The van der Waals surface area contributed by atoms with E-state index >= 15 is 0 Å². The van der Waals surface area contributed by atoms with Crippen LogP contribution in [0.5, 0.6) is 0 Å². The van der Waals surface area contributed by atoms with Gasteiger partial charge in [0.05, 0.1) is 43.0 Å². The summed E-state index contributed by atoms with van der Waals surface area (Å²) < 4.78 is 5.32. The van der Waals surface area contributed by atoms with Crippen LogP contribution >= 0.6 is 0 Å². The predicted molar refractivity (Wildman–Crippen MR) is 454 cm³/mol. The van der Waals surface area contributed by atoms with E-state index in [-0.39, 0.29) is 91.7 Å². The van der Waals surface area contributed by atoms with Gasteiger partial charge in [0.1, 0.15) is 0 Å². The molecule has 0 aliphatic carbocycles. The zero-order valence-electron chi connectivity index (χ0n) is 70.5. The Hall–Kier alpha value is -8.66. The molecule has 0 aromatic heterocycles. The summed E-state index contributed by atoms with van der Waals surface area (Å²) in [6, 6.07) is 17.6. The number of allylic oxidation sites excluding steroid dienone is 6. The number of carboxylic acids is 4. The minimum atomic E-state index is -0.792. The number of aliphatic hydroxyl groups excluding tert-OH is 2. The van der Waals surface area contributed by atoms with Gasteiger partial charge in [-0.25, -0.2) is 0 Å². The summed E-state index contributed by atoms with van der Waals surface area (Å²) in [6.07, 6.45) is 49.0. The standard InChI is InChI=1S/C23H31NO4.C22H27NO4.C20H31NO4.C19H31NO5.4C2H6/c1-18-8-6-9-19(16-18)17-21(25)14-13-20-10-7-11-22(26)24(20)15-5-3-2-4-12-23(27)28;24-20(17-18-9-4-3-5-10-18)15-14-19-11-8-12-21(25)23(19)16-7-2-1-6-13-22(26)27;1-2-3-6-11-18(22)15-14-17-10-9-12-19(23)21(17)16-8-5-4-7-13-20(24)25;1-2-14-25-15-17(21)12-11-16-8-7-9-18(22)20(16)13-6-4-3-5-10-19(23)24;4*1-2/h3,5-6,8-9,13-14,16,20-21,25H,2,4,7,10-12,15,17H2,1H3,(H,27,28);2-5,7,9-10,14-15,19H,1,6,8,11-13,16-17H2,(H,26,27);5,8,14-15,17H,2-4,6-7,9-13,16H2,1H3,(H,24,25);4,6,11-12,16-17,21H,2-3,5,7-10,13-15H2,1H3,(H,23,24);4*1-2H3/t20-,21?;19-;17-;16-,17?;;;;/m1111..../s1. The number of aliphatic carboxylic acids is 4. The molecule has 4 aliphatic rings. The van der Waals surface area contributed by atoms with Crippen LogP contribution < -0.4 is 0 Å². The molecule has 0 radical (unpaired) electrons. The number of carboxylic acid groups (broad SMARTS) is 4. The van der Waals surface area contributed by atoms with Gasteiger partial charge in [-0.15, -0.1) is 0 Å². The number of carbonyl (C=O) groups excluding carboxylic acids is 6. The van der Waals surface area contributed by atoms with Gasteiger partial charge in [0.25, 0.3) is 0 Å². The molecule has 113 heavy (non-hydrogen) atoms. The van der Waals surface area contributed by atoms with Gasteiger partial charge in [0.2, 0.25) is 23.6 Å². The molecule has 2 aromatic rings. The van der Waals surface area contributed by atoms with Crippen LogP contribution in [0.4, 0.5) is 0 Å². The van der Waals surface area contributed by atoms with Crippen molar-refractivity contribution in [1.29, 1.82) is 0 Å². The number of amides is 4.